The van der Waals surface area contributed by atoms with Crippen molar-refractivity contribution in [2.24, 2.45) is 0 Å². The minimum atomic E-state index is -0.877. The first-order valence-electron chi connectivity index (χ1n) is 4.64. The van der Waals surface area contributed by atoms with Crippen LogP contribution < -0.4 is 5.32 Å². The Labute approximate surface area is 86.7 Å². The number of nitrogens with one attached hydrogen (secondary N) is 2. The highest BCUT2D eigenvalue weighted by Gasteiger charge is 2.03. The first kappa shape index (κ1) is 11.2. The summed E-state index contributed by atoms with van der Waals surface area (Å²) in [7, 11) is 0. The van der Waals surface area contributed by atoms with Crippen LogP contribution in [0.15, 0.2) is 12.4 Å². The Morgan fingerprint density at radius 2 is 2.27 bits per heavy atom. The van der Waals surface area contributed by atoms with E-state index in [1.807, 2.05) is 0 Å². The number of carbonyl (C=O) groups is 2. The van der Waals surface area contributed by atoms with E-state index in [0.29, 0.717) is 13.0 Å². The van der Waals surface area contributed by atoms with Crippen molar-refractivity contribution in [2.45, 2.75) is 25.8 Å². The normalized spacial score (nSPS) is 9.87. The first-order chi connectivity index (χ1) is 7.18. The Morgan fingerprint density at radius 1 is 1.47 bits per heavy atom. The molecule has 6 nitrogen and oxygen atoms in total. The van der Waals surface area contributed by atoms with Crippen molar-refractivity contribution in [3.8, 4) is 0 Å². The summed E-state index contributed by atoms with van der Waals surface area (Å²) < 4.78 is 0. The number of carboxylic acids is 1. The molecule has 0 aliphatic heterocycles. The van der Waals surface area contributed by atoms with Crippen LogP contribution in [0.5, 0.6) is 0 Å². The summed E-state index contributed by atoms with van der Waals surface area (Å²) in [6, 6.07) is 0. The van der Waals surface area contributed by atoms with E-state index in [2.05, 4.69) is 15.5 Å². The molecule has 0 spiro atoms. The minimum absolute atomic E-state index is 0.0269. The number of aromatic amines is 1. The Kier molecular flexibility index (Phi) is 4.33. The number of hydrogen-bond acceptors (Lipinski definition) is 3. The molecule has 0 saturated heterocycles. The van der Waals surface area contributed by atoms with E-state index in [1.54, 1.807) is 12.4 Å². The van der Waals surface area contributed by atoms with Crippen LogP contribution >= 0.6 is 0 Å². The maximum Gasteiger partial charge on any atom is 0.303 e. The fourth-order valence-corrected chi connectivity index (χ4v) is 1.06. The predicted molar refractivity (Wildman–Crippen MR) is 51.9 cm³/mol. The SMILES string of the molecule is O=C(O)CCCC(=O)NCc1cn[nH]c1. The largest absolute Gasteiger partial charge is 0.481 e. The van der Waals surface area contributed by atoms with Crippen LogP contribution in [-0.4, -0.2) is 27.2 Å². The maximum atomic E-state index is 11.2. The summed E-state index contributed by atoms with van der Waals surface area (Å²) in [5.41, 5.74) is 0.890. The molecule has 0 saturated carbocycles. The van der Waals surface area contributed by atoms with Crippen LogP contribution in [0.4, 0.5) is 0 Å². The van der Waals surface area contributed by atoms with Crippen LogP contribution in [0.3, 0.4) is 0 Å². The molecule has 6 heteroatoms. The summed E-state index contributed by atoms with van der Waals surface area (Å²) >= 11 is 0. The smallest absolute Gasteiger partial charge is 0.303 e. The minimum Gasteiger partial charge on any atom is -0.481 e. The average Bonchev–Trinajstić information content (AvgIpc) is 2.66. The van der Waals surface area contributed by atoms with Crippen molar-refractivity contribution in [2.75, 3.05) is 0 Å². The lowest BCUT2D eigenvalue weighted by molar-refractivity contribution is -0.137. The van der Waals surface area contributed by atoms with Crippen molar-refractivity contribution in [3.63, 3.8) is 0 Å². The molecule has 1 aromatic heterocycles. The molecule has 82 valence electrons. The van der Waals surface area contributed by atoms with Crippen molar-refractivity contribution in [1.29, 1.82) is 0 Å². The van der Waals surface area contributed by atoms with Crippen LogP contribution in [0.25, 0.3) is 0 Å². The molecule has 0 aliphatic carbocycles. The van der Waals surface area contributed by atoms with Gasteiger partial charge in [0.1, 0.15) is 0 Å². The van der Waals surface area contributed by atoms with Gasteiger partial charge in [-0.25, -0.2) is 0 Å². The number of rotatable bonds is 6. The maximum absolute atomic E-state index is 11.2. The van der Waals surface area contributed by atoms with Crippen LogP contribution in [0.2, 0.25) is 0 Å². The molecule has 15 heavy (non-hydrogen) atoms. The zero-order valence-electron chi connectivity index (χ0n) is 8.19. The number of carbonyl (C=O) groups excluding carboxylic acids is 1. The van der Waals surface area contributed by atoms with Gasteiger partial charge in [-0.05, 0) is 6.42 Å². The highest BCUT2D eigenvalue weighted by atomic mass is 16.4. The van der Waals surface area contributed by atoms with Gasteiger partial charge in [0.25, 0.3) is 0 Å². The first-order valence-corrected chi connectivity index (χ1v) is 4.64. The van der Waals surface area contributed by atoms with Crippen molar-refractivity contribution >= 4 is 11.9 Å². The monoisotopic (exact) mass is 211 g/mol. The second kappa shape index (κ2) is 5.79. The van der Waals surface area contributed by atoms with Crippen molar-refractivity contribution in [3.05, 3.63) is 18.0 Å². The molecule has 0 aliphatic rings. The lowest BCUT2D eigenvalue weighted by Gasteiger charge is -2.01. The molecule has 0 atom stereocenters. The van der Waals surface area contributed by atoms with Gasteiger partial charge in [-0.3, -0.25) is 14.7 Å². The summed E-state index contributed by atoms with van der Waals surface area (Å²) in [6.45, 7) is 0.419. The van der Waals surface area contributed by atoms with Crippen LogP contribution in [0.1, 0.15) is 24.8 Å². The van der Waals surface area contributed by atoms with Gasteiger partial charge < -0.3 is 10.4 Å². The fourth-order valence-electron chi connectivity index (χ4n) is 1.06. The number of carboxylic acid groups (broad SMARTS) is 1. The van der Waals surface area contributed by atoms with E-state index in [1.165, 1.54) is 0 Å². The molecule has 0 aromatic carbocycles. The van der Waals surface area contributed by atoms with E-state index in [0.717, 1.165) is 5.56 Å². The molecule has 0 fully saturated rings. The highest BCUT2D eigenvalue weighted by molar-refractivity contribution is 5.76. The Hall–Kier alpha value is -1.85. The topological polar surface area (TPSA) is 95.1 Å². The molecule has 1 aromatic rings. The molecule has 1 rings (SSSR count). The van der Waals surface area contributed by atoms with Gasteiger partial charge in [0.15, 0.2) is 0 Å². The zero-order valence-corrected chi connectivity index (χ0v) is 8.19. The second-order valence-electron chi connectivity index (χ2n) is 3.13. The summed E-state index contributed by atoms with van der Waals surface area (Å²) in [5.74, 6) is -1.02. The van der Waals surface area contributed by atoms with Crippen molar-refractivity contribution in [1.82, 2.24) is 15.5 Å². The molecule has 0 radical (unpaired) electrons. The molecule has 1 heterocycles. The standard InChI is InChI=1S/C9H13N3O3/c13-8(2-1-3-9(14)15)10-4-7-5-11-12-6-7/h5-6H,1-4H2,(H,10,13)(H,11,12)(H,14,15). The van der Waals surface area contributed by atoms with E-state index < -0.39 is 5.97 Å². The number of aromatic nitrogens is 2. The lowest BCUT2D eigenvalue weighted by Crippen LogP contribution is -2.22. The molecular formula is C9H13N3O3. The summed E-state index contributed by atoms with van der Waals surface area (Å²) in [4.78, 5) is 21.4. The van der Waals surface area contributed by atoms with Gasteiger partial charge in [0.05, 0.1) is 6.20 Å². The van der Waals surface area contributed by atoms with Crippen molar-refractivity contribution < 1.29 is 14.7 Å². The number of nitrogens with zero attached hydrogens (tertiary/aromatic N) is 1. The molecule has 3 N–H and O–H groups in total. The molecule has 1 amide bonds. The van der Waals surface area contributed by atoms with E-state index in [-0.39, 0.29) is 18.7 Å². The number of hydrogen-bond donors (Lipinski definition) is 3. The predicted octanol–water partition coefficient (Wildman–Crippen LogP) is 0.281. The van der Waals surface area contributed by atoms with Gasteiger partial charge in [0, 0.05) is 31.1 Å². The van der Waals surface area contributed by atoms with Gasteiger partial charge in [-0.1, -0.05) is 0 Å². The zero-order chi connectivity index (χ0) is 11.1. The van der Waals surface area contributed by atoms with Gasteiger partial charge >= 0.3 is 5.97 Å². The number of aliphatic carboxylic acids is 1. The number of H-pyrrole nitrogens is 1. The third-order valence-electron chi connectivity index (χ3n) is 1.84. The third-order valence-corrected chi connectivity index (χ3v) is 1.84. The highest BCUT2D eigenvalue weighted by Crippen LogP contribution is 1.97. The van der Waals surface area contributed by atoms with Gasteiger partial charge in [0.2, 0.25) is 5.91 Å². The third kappa shape index (κ3) is 4.80. The summed E-state index contributed by atoms with van der Waals surface area (Å²) in [6.07, 6.45) is 3.95. The number of amides is 1. The Bertz CT molecular complexity index is 321. The molecule has 0 bridgehead atoms. The second-order valence-corrected chi connectivity index (χ2v) is 3.13. The van der Waals surface area contributed by atoms with Gasteiger partial charge in [-0.2, -0.15) is 5.10 Å². The molecule has 0 unspecified atom stereocenters. The van der Waals surface area contributed by atoms with Crippen LogP contribution in [0, 0.1) is 0 Å². The average molecular weight is 211 g/mol. The van der Waals surface area contributed by atoms with Gasteiger partial charge in [-0.15, -0.1) is 0 Å². The van der Waals surface area contributed by atoms with E-state index in [4.69, 9.17) is 5.11 Å². The fraction of sp³-hybridized carbons (Fsp3) is 0.444. The Balaban J connectivity index is 2.11. The quantitative estimate of drug-likeness (QED) is 0.629. The summed E-state index contributed by atoms with van der Waals surface area (Å²) in [5, 5.41) is 17.4. The van der Waals surface area contributed by atoms with Crippen LogP contribution in [-0.2, 0) is 16.1 Å². The van der Waals surface area contributed by atoms with E-state index >= 15 is 0 Å². The lowest BCUT2D eigenvalue weighted by atomic mass is 10.2. The molecular weight excluding hydrogens is 198 g/mol. The van der Waals surface area contributed by atoms with E-state index in [9.17, 15) is 9.59 Å². The Morgan fingerprint density at radius 3 is 2.87 bits per heavy atom.